The van der Waals surface area contributed by atoms with E-state index in [1.165, 1.54) is 12.3 Å². The summed E-state index contributed by atoms with van der Waals surface area (Å²) in [5, 5.41) is 10.2. The fourth-order valence-corrected chi connectivity index (χ4v) is 1.87. The molecule has 0 aliphatic carbocycles. The summed E-state index contributed by atoms with van der Waals surface area (Å²) < 4.78 is 19.1. The summed E-state index contributed by atoms with van der Waals surface area (Å²) in [6.45, 7) is 2.78. The van der Waals surface area contributed by atoms with Crippen LogP contribution in [0.3, 0.4) is 0 Å². The fraction of sp³-hybridized carbons (Fsp3) is 0.312. The van der Waals surface area contributed by atoms with Crippen LogP contribution in [0.2, 0.25) is 0 Å². The minimum absolute atomic E-state index is 0.222. The predicted octanol–water partition coefficient (Wildman–Crippen LogP) is 3.48. The molecule has 0 spiro atoms. The van der Waals surface area contributed by atoms with Crippen molar-refractivity contribution in [3.05, 3.63) is 59.7 Å². The zero-order valence-corrected chi connectivity index (χ0v) is 11.4. The molecule has 0 aliphatic rings. The highest BCUT2D eigenvalue weighted by Gasteiger charge is 2.14. The molecule has 1 N–H and O–H groups in total. The van der Waals surface area contributed by atoms with Crippen LogP contribution in [0.25, 0.3) is 0 Å². The Bertz CT molecular complexity index is 542. The third kappa shape index (κ3) is 3.54. The molecule has 1 atom stereocenters. The van der Waals surface area contributed by atoms with Crippen LogP contribution >= 0.6 is 0 Å². The van der Waals surface area contributed by atoms with Gasteiger partial charge in [0.25, 0.3) is 0 Å². The summed E-state index contributed by atoms with van der Waals surface area (Å²) in [6.07, 6.45) is 3.65. The number of benzene rings is 1. The number of aromatic nitrogens is 1. The molecule has 4 heteroatoms. The maximum absolute atomic E-state index is 13.6. The zero-order chi connectivity index (χ0) is 14.4. The number of aliphatic hydroxyl groups excluding tert-OH is 1. The second-order valence-corrected chi connectivity index (χ2v) is 4.57. The van der Waals surface area contributed by atoms with Crippen LogP contribution in [-0.2, 0) is 0 Å². The Hall–Kier alpha value is -1.94. The van der Waals surface area contributed by atoms with Crippen molar-refractivity contribution in [3.8, 4) is 5.75 Å². The number of ether oxygens (including phenoxy) is 1. The lowest BCUT2D eigenvalue weighted by molar-refractivity contribution is 0.214. The van der Waals surface area contributed by atoms with Crippen molar-refractivity contribution in [2.24, 2.45) is 0 Å². The van der Waals surface area contributed by atoms with Crippen molar-refractivity contribution in [3.63, 3.8) is 0 Å². The molecule has 3 nitrogen and oxygen atoms in total. The number of pyridine rings is 1. The van der Waals surface area contributed by atoms with Gasteiger partial charge in [-0.1, -0.05) is 25.5 Å². The zero-order valence-electron chi connectivity index (χ0n) is 11.4. The maximum Gasteiger partial charge on any atom is 0.147 e. The number of aliphatic hydroxyl groups is 1. The van der Waals surface area contributed by atoms with E-state index in [0.717, 1.165) is 24.8 Å². The number of nitrogens with zero attached hydrogens (tertiary/aromatic N) is 1. The normalized spacial score (nSPS) is 12.2. The van der Waals surface area contributed by atoms with Crippen LogP contribution < -0.4 is 4.74 Å². The largest absolute Gasteiger partial charge is 0.494 e. The average molecular weight is 275 g/mol. The molecule has 106 valence electrons. The molecule has 20 heavy (non-hydrogen) atoms. The van der Waals surface area contributed by atoms with Crippen LogP contribution in [-0.4, -0.2) is 16.7 Å². The van der Waals surface area contributed by atoms with Gasteiger partial charge < -0.3 is 9.84 Å². The predicted molar refractivity (Wildman–Crippen MR) is 75.1 cm³/mol. The van der Waals surface area contributed by atoms with Gasteiger partial charge >= 0.3 is 0 Å². The molecule has 0 fully saturated rings. The minimum atomic E-state index is -0.998. The number of hydrogen-bond donors (Lipinski definition) is 1. The van der Waals surface area contributed by atoms with E-state index in [1.807, 2.05) is 0 Å². The first-order valence-corrected chi connectivity index (χ1v) is 6.72. The molecule has 2 aromatic rings. The van der Waals surface area contributed by atoms with E-state index in [4.69, 9.17) is 4.74 Å². The molecule has 0 saturated heterocycles. The van der Waals surface area contributed by atoms with Crippen molar-refractivity contribution in [2.75, 3.05) is 6.61 Å². The number of halogens is 1. The minimum Gasteiger partial charge on any atom is -0.494 e. The molecule has 1 aromatic heterocycles. The Morgan fingerprint density at radius 2 is 2.00 bits per heavy atom. The monoisotopic (exact) mass is 275 g/mol. The van der Waals surface area contributed by atoms with Crippen LogP contribution in [0.15, 0.2) is 42.7 Å². The molecule has 0 aliphatic heterocycles. The van der Waals surface area contributed by atoms with Crippen LogP contribution in [0.1, 0.15) is 37.0 Å². The molecular weight excluding hydrogens is 257 g/mol. The summed E-state index contributed by atoms with van der Waals surface area (Å²) in [6, 6.07) is 8.53. The second kappa shape index (κ2) is 7.01. The van der Waals surface area contributed by atoms with Crippen LogP contribution in [0.4, 0.5) is 4.39 Å². The molecule has 0 amide bonds. The second-order valence-electron chi connectivity index (χ2n) is 4.57. The quantitative estimate of drug-likeness (QED) is 0.821. The molecule has 2 rings (SSSR count). The first-order chi connectivity index (χ1) is 9.72. The highest BCUT2D eigenvalue weighted by Crippen LogP contribution is 2.25. The molecule has 0 radical (unpaired) electrons. The molecular formula is C16H18FNO2. The summed E-state index contributed by atoms with van der Waals surface area (Å²) in [5.74, 6) is 0.243. The van der Waals surface area contributed by atoms with Crippen LogP contribution in [0, 0.1) is 5.82 Å². The van der Waals surface area contributed by atoms with Crippen LogP contribution in [0.5, 0.6) is 5.75 Å². The number of rotatable bonds is 6. The van der Waals surface area contributed by atoms with Crippen molar-refractivity contribution in [1.82, 2.24) is 4.98 Å². The third-order valence-electron chi connectivity index (χ3n) is 3.06. The SMILES string of the molecule is CCCCOc1ccc(C(O)c2ccncc2F)cc1. The van der Waals surface area contributed by atoms with Gasteiger partial charge in [0.2, 0.25) is 0 Å². The van der Waals surface area contributed by atoms with E-state index < -0.39 is 11.9 Å². The van der Waals surface area contributed by atoms with Gasteiger partial charge in [-0.2, -0.15) is 0 Å². The number of unbranched alkanes of at least 4 members (excludes halogenated alkanes) is 1. The lowest BCUT2D eigenvalue weighted by Gasteiger charge is -2.13. The molecule has 0 bridgehead atoms. The van der Waals surface area contributed by atoms with E-state index in [1.54, 1.807) is 24.3 Å². The first-order valence-electron chi connectivity index (χ1n) is 6.72. The number of hydrogen-bond acceptors (Lipinski definition) is 3. The van der Waals surface area contributed by atoms with E-state index in [-0.39, 0.29) is 5.56 Å². The Morgan fingerprint density at radius 3 is 2.65 bits per heavy atom. The first kappa shape index (κ1) is 14.5. The summed E-state index contributed by atoms with van der Waals surface area (Å²) >= 11 is 0. The smallest absolute Gasteiger partial charge is 0.147 e. The van der Waals surface area contributed by atoms with Gasteiger partial charge in [0, 0.05) is 11.8 Å². The Morgan fingerprint density at radius 1 is 1.25 bits per heavy atom. The summed E-state index contributed by atoms with van der Waals surface area (Å²) in [7, 11) is 0. The van der Waals surface area contributed by atoms with E-state index in [2.05, 4.69) is 11.9 Å². The maximum atomic E-state index is 13.6. The average Bonchev–Trinajstić information content (AvgIpc) is 2.48. The van der Waals surface area contributed by atoms with Gasteiger partial charge in [-0.25, -0.2) is 4.39 Å². The lowest BCUT2D eigenvalue weighted by atomic mass is 10.0. The van der Waals surface area contributed by atoms with Gasteiger partial charge in [-0.15, -0.1) is 0 Å². The highest BCUT2D eigenvalue weighted by atomic mass is 19.1. The van der Waals surface area contributed by atoms with Crippen molar-refractivity contribution < 1.29 is 14.2 Å². The standard InChI is InChI=1S/C16H18FNO2/c1-2-3-10-20-13-6-4-12(5-7-13)16(19)14-8-9-18-11-15(14)17/h4-9,11,16,19H,2-3,10H2,1H3. The molecule has 1 heterocycles. The van der Waals surface area contributed by atoms with Crippen molar-refractivity contribution in [1.29, 1.82) is 0 Å². The summed E-state index contributed by atoms with van der Waals surface area (Å²) in [5.41, 5.74) is 0.845. The van der Waals surface area contributed by atoms with Gasteiger partial charge in [0.15, 0.2) is 0 Å². The van der Waals surface area contributed by atoms with E-state index in [0.29, 0.717) is 12.2 Å². The van der Waals surface area contributed by atoms with E-state index >= 15 is 0 Å². The van der Waals surface area contributed by atoms with Gasteiger partial charge in [0.1, 0.15) is 17.7 Å². The Labute approximate surface area is 118 Å². The molecule has 1 aromatic carbocycles. The fourth-order valence-electron chi connectivity index (χ4n) is 1.87. The van der Waals surface area contributed by atoms with Gasteiger partial charge in [0.05, 0.1) is 12.8 Å². The Kier molecular flexibility index (Phi) is 5.07. The summed E-state index contributed by atoms with van der Waals surface area (Å²) in [4.78, 5) is 3.67. The van der Waals surface area contributed by atoms with Crippen molar-refractivity contribution in [2.45, 2.75) is 25.9 Å². The van der Waals surface area contributed by atoms with Gasteiger partial charge in [-0.05, 0) is 30.2 Å². The third-order valence-corrected chi connectivity index (χ3v) is 3.06. The highest BCUT2D eigenvalue weighted by molar-refractivity contribution is 5.33. The van der Waals surface area contributed by atoms with E-state index in [9.17, 15) is 9.50 Å². The lowest BCUT2D eigenvalue weighted by Crippen LogP contribution is -2.03. The van der Waals surface area contributed by atoms with Gasteiger partial charge in [-0.3, -0.25) is 4.98 Å². The molecule has 1 unspecified atom stereocenters. The molecule has 0 saturated carbocycles. The van der Waals surface area contributed by atoms with Crippen molar-refractivity contribution >= 4 is 0 Å². The topological polar surface area (TPSA) is 42.4 Å². The Balaban J connectivity index is 2.08.